The third-order valence-electron chi connectivity index (χ3n) is 3.55. The molecule has 2 aromatic rings. The first-order chi connectivity index (χ1) is 10.5. The van der Waals surface area contributed by atoms with Crippen molar-refractivity contribution in [1.29, 1.82) is 0 Å². The van der Waals surface area contributed by atoms with E-state index < -0.39 is 0 Å². The van der Waals surface area contributed by atoms with Crippen LogP contribution in [0.1, 0.15) is 19.7 Å². The van der Waals surface area contributed by atoms with Crippen molar-refractivity contribution in [2.24, 2.45) is 5.92 Å². The zero-order valence-electron chi connectivity index (χ0n) is 12.8. The zero-order valence-corrected chi connectivity index (χ0v) is 12.8. The Morgan fingerprint density at radius 2 is 2.09 bits per heavy atom. The number of nitrogens with zero attached hydrogens (tertiary/aromatic N) is 4. The Bertz CT molecular complexity index is 775. The topological polar surface area (TPSA) is 69.4 Å². The quantitative estimate of drug-likeness (QED) is 0.862. The second kappa shape index (κ2) is 5.32. The SMILES string of the molecule is COc1cccc(N2Cc3nc(=O)n(CC(C)C)n3C2=O)c1. The lowest BCUT2D eigenvalue weighted by atomic mass is 10.2. The molecule has 3 rings (SSSR count). The first-order valence-electron chi connectivity index (χ1n) is 7.16. The number of amides is 1. The third kappa shape index (κ3) is 2.28. The minimum Gasteiger partial charge on any atom is -0.497 e. The van der Waals surface area contributed by atoms with E-state index in [0.29, 0.717) is 18.1 Å². The number of carbonyl (C=O) groups excluding carboxylic acids is 1. The van der Waals surface area contributed by atoms with Gasteiger partial charge in [0.15, 0.2) is 5.82 Å². The Kier molecular flexibility index (Phi) is 3.48. The van der Waals surface area contributed by atoms with Crippen LogP contribution in [0, 0.1) is 5.92 Å². The molecule has 116 valence electrons. The van der Waals surface area contributed by atoms with Gasteiger partial charge < -0.3 is 4.74 Å². The number of ether oxygens (including phenoxy) is 1. The van der Waals surface area contributed by atoms with E-state index in [1.165, 1.54) is 9.36 Å². The second-order valence-electron chi connectivity index (χ2n) is 5.67. The highest BCUT2D eigenvalue weighted by Gasteiger charge is 2.33. The molecule has 0 atom stereocenters. The molecule has 1 aliphatic heterocycles. The highest BCUT2D eigenvalue weighted by atomic mass is 16.5. The number of rotatable bonds is 4. The largest absolute Gasteiger partial charge is 0.497 e. The van der Waals surface area contributed by atoms with E-state index >= 15 is 0 Å². The lowest BCUT2D eigenvalue weighted by molar-refractivity contribution is 0.242. The molecule has 1 aromatic carbocycles. The van der Waals surface area contributed by atoms with Gasteiger partial charge in [-0.3, -0.25) is 4.90 Å². The summed E-state index contributed by atoms with van der Waals surface area (Å²) in [6.07, 6.45) is 0. The van der Waals surface area contributed by atoms with Crippen molar-refractivity contribution in [3.63, 3.8) is 0 Å². The van der Waals surface area contributed by atoms with E-state index in [1.54, 1.807) is 18.1 Å². The molecular weight excluding hydrogens is 284 g/mol. The molecule has 7 nitrogen and oxygen atoms in total. The van der Waals surface area contributed by atoms with Crippen molar-refractivity contribution in [3.8, 4) is 5.75 Å². The Labute approximate surface area is 127 Å². The standard InChI is InChI=1S/C15H18N4O3/c1-10(2)8-18-14(20)16-13-9-17(15(21)19(13)18)11-5-4-6-12(7-11)22-3/h4-7,10H,8-9H2,1-3H3. The van der Waals surface area contributed by atoms with Crippen LogP contribution in [0.3, 0.4) is 0 Å². The molecule has 0 bridgehead atoms. The van der Waals surface area contributed by atoms with Crippen molar-refractivity contribution in [2.45, 2.75) is 26.9 Å². The summed E-state index contributed by atoms with van der Waals surface area (Å²) in [6.45, 7) is 4.73. The first-order valence-corrected chi connectivity index (χ1v) is 7.16. The number of methoxy groups -OCH3 is 1. The molecule has 0 saturated heterocycles. The summed E-state index contributed by atoms with van der Waals surface area (Å²) in [7, 11) is 1.58. The van der Waals surface area contributed by atoms with Gasteiger partial charge >= 0.3 is 11.7 Å². The maximum absolute atomic E-state index is 12.7. The lowest BCUT2D eigenvalue weighted by Gasteiger charge is -2.17. The van der Waals surface area contributed by atoms with Crippen LogP contribution >= 0.6 is 0 Å². The minimum atomic E-state index is -0.373. The van der Waals surface area contributed by atoms with Gasteiger partial charge in [0.1, 0.15) is 5.75 Å². The molecular formula is C15H18N4O3. The summed E-state index contributed by atoms with van der Waals surface area (Å²) in [5.74, 6) is 1.39. The van der Waals surface area contributed by atoms with Gasteiger partial charge in [-0.25, -0.2) is 14.3 Å². The van der Waals surface area contributed by atoms with Gasteiger partial charge in [-0.1, -0.05) is 19.9 Å². The predicted octanol–water partition coefficient (Wildman–Crippen LogP) is 1.70. The van der Waals surface area contributed by atoms with Gasteiger partial charge in [-0.15, -0.1) is 0 Å². The molecule has 0 saturated carbocycles. The number of benzene rings is 1. The normalized spacial score (nSPS) is 13.8. The number of aromatic nitrogens is 3. The van der Waals surface area contributed by atoms with Crippen LogP contribution in [0.4, 0.5) is 10.5 Å². The molecule has 1 aliphatic rings. The lowest BCUT2D eigenvalue weighted by Crippen LogP contribution is -2.34. The van der Waals surface area contributed by atoms with Crippen LogP contribution in [0.2, 0.25) is 0 Å². The van der Waals surface area contributed by atoms with E-state index in [-0.39, 0.29) is 24.2 Å². The van der Waals surface area contributed by atoms with Crippen LogP contribution in [0.25, 0.3) is 0 Å². The zero-order chi connectivity index (χ0) is 15.9. The number of hydrogen-bond acceptors (Lipinski definition) is 4. The molecule has 0 fully saturated rings. The molecule has 0 spiro atoms. The number of fused-ring (bicyclic) bond motifs is 1. The third-order valence-corrected chi connectivity index (χ3v) is 3.55. The van der Waals surface area contributed by atoms with Crippen LogP contribution < -0.4 is 15.3 Å². The fourth-order valence-electron chi connectivity index (χ4n) is 2.57. The van der Waals surface area contributed by atoms with Crippen LogP contribution in [0.5, 0.6) is 5.75 Å². The highest BCUT2D eigenvalue weighted by molar-refractivity contribution is 5.95. The molecule has 22 heavy (non-hydrogen) atoms. The molecule has 0 unspecified atom stereocenters. The van der Waals surface area contributed by atoms with Gasteiger partial charge in [0.05, 0.1) is 13.7 Å². The van der Waals surface area contributed by atoms with Crippen LogP contribution in [-0.4, -0.2) is 27.5 Å². The summed E-state index contributed by atoms with van der Waals surface area (Å²) >= 11 is 0. The fourth-order valence-corrected chi connectivity index (χ4v) is 2.57. The van der Waals surface area contributed by atoms with Crippen LogP contribution in [0.15, 0.2) is 29.1 Å². The number of carbonyl (C=O) groups is 1. The monoisotopic (exact) mass is 302 g/mol. The summed E-state index contributed by atoms with van der Waals surface area (Å²) in [4.78, 5) is 30.2. The number of hydrogen-bond donors (Lipinski definition) is 0. The molecule has 1 aromatic heterocycles. The average molecular weight is 302 g/mol. The summed E-state index contributed by atoms with van der Waals surface area (Å²) in [5.41, 5.74) is 0.348. The maximum atomic E-state index is 12.7. The Morgan fingerprint density at radius 3 is 2.77 bits per heavy atom. The molecule has 0 radical (unpaired) electrons. The van der Waals surface area contributed by atoms with Crippen molar-refractivity contribution in [3.05, 3.63) is 40.6 Å². The van der Waals surface area contributed by atoms with Gasteiger partial charge in [0.25, 0.3) is 0 Å². The van der Waals surface area contributed by atoms with E-state index in [4.69, 9.17) is 4.74 Å². The molecule has 0 N–H and O–H groups in total. The first kappa shape index (κ1) is 14.4. The minimum absolute atomic E-state index is 0.247. The van der Waals surface area contributed by atoms with Crippen molar-refractivity contribution in [2.75, 3.05) is 12.0 Å². The highest BCUT2D eigenvalue weighted by Crippen LogP contribution is 2.26. The predicted molar refractivity (Wildman–Crippen MR) is 81.3 cm³/mol. The Balaban J connectivity index is 1.98. The van der Waals surface area contributed by atoms with Crippen LogP contribution in [-0.2, 0) is 13.1 Å². The van der Waals surface area contributed by atoms with Crippen molar-refractivity contribution < 1.29 is 9.53 Å². The van der Waals surface area contributed by atoms with E-state index in [1.807, 2.05) is 32.0 Å². The van der Waals surface area contributed by atoms with Gasteiger partial charge in [0, 0.05) is 18.3 Å². The second-order valence-corrected chi connectivity index (χ2v) is 5.67. The fraction of sp³-hybridized carbons (Fsp3) is 0.400. The molecule has 1 amide bonds. The Morgan fingerprint density at radius 1 is 1.32 bits per heavy atom. The Hall–Kier alpha value is -2.57. The van der Waals surface area contributed by atoms with Gasteiger partial charge in [-0.05, 0) is 18.1 Å². The van der Waals surface area contributed by atoms with E-state index in [9.17, 15) is 9.59 Å². The van der Waals surface area contributed by atoms with Gasteiger partial charge in [-0.2, -0.15) is 9.67 Å². The summed E-state index contributed by atoms with van der Waals surface area (Å²) < 4.78 is 7.97. The molecule has 7 heteroatoms. The summed E-state index contributed by atoms with van der Waals surface area (Å²) in [6, 6.07) is 6.99. The molecule has 0 aliphatic carbocycles. The van der Waals surface area contributed by atoms with Crippen molar-refractivity contribution >= 4 is 11.7 Å². The smallest absolute Gasteiger partial charge is 0.364 e. The van der Waals surface area contributed by atoms with Gasteiger partial charge in [0.2, 0.25) is 0 Å². The molecule has 2 heterocycles. The number of anilines is 1. The average Bonchev–Trinajstić information content (AvgIpc) is 2.96. The van der Waals surface area contributed by atoms with Crippen molar-refractivity contribution in [1.82, 2.24) is 14.3 Å². The summed E-state index contributed by atoms with van der Waals surface area (Å²) in [5, 5.41) is 0. The maximum Gasteiger partial charge on any atom is 0.364 e. The van der Waals surface area contributed by atoms with E-state index in [0.717, 1.165) is 5.69 Å². The van der Waals surface area contributed by atoms with E-state index in [2.05, 4.69) is 4.98 Å².